The second-order valence-electron chi connectivity index (χ2n) is 6.74. The van der Waals surface area contributed by atoms with Crippen molar-refractivity contribution in [2.45, 2.75) is 39.9 Å². The average molecular weight is 354 g/mol. The van der Waals surface area contributed by atoms with Crippen molar-refractivity contribution in [1.29, 1.82) is 0 Å². The van der Waals surface area contributed by atoms with E-state index in [-0.39, 0.29) is 24.4 Å². The fourth-order valence-corrected chi connectivity index (χ4v) is 2.34. The molecule has 1 unspecified atom stereocenters. The molecule has 0 fully saturated rings. The Morgan fingerprint density at radius 1 is 0.808 bits per heavy atom. The summed E-state index contributed by atoms with van der Waals surface area (Å²) in [6.07, 6.45) is -0.653. The molecule has 0 aliphatic rings. The van der Waals surface area contributed by atoms with Gasteiger partial charge in [-0.25, -0.2) is 4.79 Å². The zero-order chi connectivity index (χ0) is 18.9. The van der Waals surface area contributed by atoms with Crippen molar-refractivity contribution >= 4 is 11.9 Å². The van der Waals surface area contributed by atoms with Crippen molar-refractivity contribution in [3.05, 3.63) is 71.8 Å². The molecule has 0 spiro atoms. The summed E-state index contributed by atoms with van der Waals surface area (Å²) < 4.78 is 10.9. The molecular formula is C22H26O4. The van der Waals surface area contributed by atoms with Crippen molar-refractivity contribution in [2.75, 3.05) is 0 Å². The molecule has 0 saturated carbocycles. The SMILES string of the molecule is CC(C)C(C)C(=O)O[C@@H](Cc1ccccc1)C(=O)OCc1ccccc1. The second-order valence-corrected chi connectivity index (χ2v) is 6.74. The van der Waals surface area contributed by atoms with Gasteiger partial charge in [0.15, 0.2) is 0 Å². The van der Waals surface area contributed by atoms with E-state index in [4.69, 9.17) is 9.47 Å². The Morgan fingerprint density at radius 3 is 1.88 bits per heavy atom. The molecule has 4 heteroatoms. The third-order valence-corrected chi connectivity index (χ3v) is 4.38. The van der Waals surface area contributed by atoms with Gasteiger partial charge in [0, 0.05) is 6.42 Å². The number of carbonyl (C=O) groups excluding carboxylic acids is 2. The number of ether oxygens (including phenoxy) is 2. The zero-order valence-corrected chi connectivity index (χ0v) is 15.6. The summed E-state index contributed by atoms with van der Waals surface area (Å²) in [6.45, 7) is 5.86. The zero-order valence-electron chi connectivity index (χ0n) is 15.6. The number of carbonyl (C=O) groups is 2. The van der Waals surface area contributed by atoms with Crippen LogP contribution < -0.4 is 0 Å². The van der Waals surface area contributed by atoms with Crippen LogP contribution in [-0.2, 0) is 32.1 Å². The molecule has 0 heterocycles. The lowest BCUT2D eigenvalue weighted by atomic mass is 9.98. The van der Waals surface area contributed by atoms with Gasteiger partial charge in [-0.3, -0.25) is 4.79 Å². The molecule has 0 aliphatic carbocycles. The van der Waals surface area contributed by atoms with Crippen LogP contribution in [0.5, 0.6) is 0 Å². The highest BCUT2D eigenvalue weighted by atomic mass is 16.6. The van der Waals surface area contributed by atoms with Crippen molar-refractivity contribution in [1.82, 2.24) is 0 Å². The van der Waals surface area contributed by atoms with Gasteiger partial charge < -0.3 is 9.47 Å². The molecule has 0 amide bonds. The first-order valence-electron chi connectivity index (χ1n) is 8.92. The van der Waals surface area contributed by atoms with E-state index in [1.54, 1.807) is 0 Å². The summed E-state index contributed by atoms with van der Waals surface area (Å²) >= 11 is 0. The highest BCUT2D eigenvalue weighted by molar-refractivity contribution is 5.80. The maximum absolute atomic E-state index is 12.5. The first-order valence-corrected chi connectivity index (χ1v) is 8.92. The second kappa shape index (κ2) is 9.76. The Labute approximate surface area is 155 Å². The number of rotatable bonds is 8. The molecule has 0 radical (unpaired) electrons. The van der Waals surface area contributed by atoms with E-state index < -0.39 is 12.1 Å². The minimum atomic E-state index is -0.949. The van der Waals surface area contributed by atoms with Crippen molar-refractivity contribution in [2.24, 2.45) is 11.8 Å². The molecule has 138 valence electrons. The molecule has 2 aromatic carbocycles. The van der Waals surface area contributed by atoms with E-state index in [1.807, 2.05) is 81.4 Å². The van der Waals surface area contributed by atoms with Gasteiger partial charge in [-0.1, -0.05) is 81.4 Å². The van der Waals surface area contributed by atoms with Crippen LogP contribution in [0.15, 0.2) is 60.7 Å². The summed E-state index contributed by atoms with van der Waals surface area (Å²) in [5, 5.41) is 0. The van der Waals surface area contributed by atoms with E-state index in [0.717, 1.165) is 11.1 Å². The lowest BCUT2D eigenvalue weighted by Gasteiger charge is -2.21. The average Bonchev–Trinajstić information content (AvgIpc) is 2.66. The molecule has 4 nitrogen and oxygen atoms in total. The van der Waals surface area contributed by atoms with E-state index in [0.29, 0.717) is 6.42 Å². The lowest BCUT2D eigenvalue weighted by Crippen LogP contribution is -2.34. The van der Waals surface area contributed by atoms with Gasteiger partial charge in [0.05, 0.1) is 5.92 Å². The van der Waals surface area contributed by atoms with Gasteiger partial charge in [0.1, 0.15) is 6.61 Å². The highest BCUT2D eigenvalue weighted by Gasteiger charge is 2.28. The quantitative estimate of drug-likeness (QED) is 0.668. The Balaban J connectivity index is 2.05. The van der Waals surface area contributed by atoms with Crippen LogP contribution in [0.25, 0.3) is 0 Å². The fraction of sp³-hybridized carbons (Fsp3) is 0.364. The summed E-state index contributed by atoms with van der Waals surface area (Å²) in [5.41, 5.74) is 1.81. The lowest BCUT2D eigenvalue weighted by molar-refractivity contribution is -0.171. The molecule has 0 aromatic heterocycles. The molecular weight excluding hydrogens is 328 g/mol. The number of esters is 2. The largest absolute Gasteiger partial charge is 0.458 e. The van der Waals surface area contributed by atoms with Gasteiger partial charge in [-0.2, -0.15) is 0 Å². The maximum Gasteiger partial charge on any atom is 0.348 e. The first-order chi connectivity index (χ1) is 12.5. The van der Waals surface area contributed by atoms with Crippen molar-refractivity contribution in [3.63, 3.8) is 0 Å². The molecule has 0 N–H and O–H groups in total. The van der Waals surface area contributed by atoms with E-state index >= 15 is 0 Å². The van der Waals surface area contributed by atoms with E-state index in [2.05, 4.69) is 0 Å². The number of hydrogen-bond acceptors (Lipinski definition) is 4. The standard InChI is InChI=1S/C22H26O4/c1-16(2)17(3)21(23)26-20(14-18-10-6-4-7-11-18)22(24)25-15-19-12-8-5-9-13-19/h4-13,16-17,20H,14-15H2,1-3H3/t17?,20-/m0/s1. The Kier molecular flexibility index (Phi) is 7.39. The van der Waals surface area contributed by atoms with Gasteiger partial charge in [0.2, 0.25) is 6.10 Å². The minimum absolute atomic E-state index is 0.139. The Morgan fingerprint density at radius 2 is 1.35 bits per heavy atom. The maximum atomic E-state index is 12.5. The predicted octanol–water partition coefficient (Wildman–Crippen LogP) is 4.18. The number of benzene rings is 2. The Bertz CT molecular complexity index is 695. The van der Waals surface area contributed by atoms with Crippen LogP contribution in [0.2, 0.25) is 0 Å². The molecule has 2 aromatic rings. The third-order valence-electron chi connectivity index (χ3n) is 4.38. The molecule has 0 saturated heterocycles. The predicted molar refractivity (Wildman–Crippen MR) is 100 cm³/mol. The first kappa shape index (κ1) is 19.7. The van der Waals surface area contributed by atoms with Crippen LogP contribution in [0, 0.1) is 11.8 Å². The highest BCUT2D eigenvalue weighted by Crippen LogP contribution is 2.16. The summed E-state index contributed by atoms with van der Waals surface area (Å²) in [6, 6.07) is 18.9. The van der Waals surface area contributed by atoms with Crippen LogP contribution >= 0.6 is 0 Å². The van der Waals surface area contributed by atoms with Gasteiger partial charge in [0.25, 0.3) is 0 Å². The minimum Gasteiger partial charge on any atom is -0.458 e. The van der Waals surface area contributed by atoms with Gasteiger partial charge in [-0.05, 0) is 17.0 Å². The fourth-order valence-electron chi connectivity index (χ4n) is 2.34. The number of hydrogen-bond donors (Lipinski definition) is 0. The van der Waals surface area contributed by atoms with Gasteiger partial charge >= 0.3 is 11.9 Å². The van der Waals surface area contributed by atoms with E-state index in [9.17, 15) is 9.59 Å². The molecule has 2 atom stereocenters. The van der Waals surface area contributed by atoms with Gasteiger partial charge in [-0.15, -0.1) is 0 Å². The molecule has 0 bridgehead atoms. The Hall–Kier alpha value is -2.62. The summed E-state index contributed by atoms with van der Waals surface area (Å²) in [7, 11) is 0. The molecule has 2 rings (SSSR count). The molecule has 26 heavy (non-hydrogen) atoms. The van der Waals surface area contributed by atoms with Crippen molar-refractivity contribution in [3.8, 4) is 0 Å². The molecule has 0 aliphatic heterocycles. The third kappa shape index (κ3) is 6.03. The topological polar surface area (TPSA) is 52.6 Å². The smallest absolute Gasteiger partial charge is 0.348 e. The van der Waals surface area contributed by atoms with E-state index in [1.165, 1.54) is 0 Å². The van der Waals surface area contributed by atoms with Crippen LogP contribution in [0.3, 0.4) is 0 Å². The summed E-state index contributed by atoms with van der Waals surface area (Å²) in [4.78, 5) is 24.9. The monoisotopic (exact) mass is 354 g/mol. The van der Waals surface area contributed by atoms with Crippen LogP contribution in [-0.4, -0.2) is 18.0 Å². The normalized spacial score (nSPS) is 13.1. The summed E-state index contributed by atoms with van der Waals surface area (Å²) in [5.74, 6) is -1.05. The van der Waals surface area contributed by atoms with Crippen molar-refractivity contribution < 1.29 is 19.1 Å². The van der Waals surface area contributed by atoms with Crippen LogP contribution in [0.4, 0.5) is 0 Å². The van der Waals surface area contributed by atoms with Crippen LogP contribution in [0.1, 0.15) is 31.9 Å².